The quantitative estimate of drug-likeness (QED) is 0.737. The fourth-order valence-corrected chi connectivity index (χ4v) is 1.25. The number of hydrogen-bond acceptors (Lipinski definition) is 3. The second-order valence-corrected chi connectivity index (χ2v) is 4.73. The summed E-state index contributed by atoms with van der Waals surface area (Å²) in [6.45, 7) is 2.71. The number of nitrogens with one attached hydrogen (secondary N) is 1. The monoisotopic (exact) mass is 198 g/mol. The molecular weight excluding hydrogens is 184 g/mol. The first-order valence-electron chi connectivity index (χ1n) is 4.37. The van der Waals surface area contributed by atoms with Crippen molar-refractivity contribution in [2.24, 2.45) is 5.41 Å². The summed E-state index contributed by atoms with van der Waals surface area (Å²) in [7, 11) is 0. The van der Waals surface area contributed by atoms with Crippen molar-refractivity contribution in [1.82, 2.24) is 5.32 Å². The van der Waals surface area contributed by atoms with E-state index in [9.17, 15) is 4.79 Å². The minimum Gasteiger partial charge on any atom is -0.354 e. The summed E-state index contributed by atoms with van der Waals surface area (Å²) >= 11 is 1.71. The first kappa shape index (κ1) is 10.4. The van der Waals surface area contributed by atoms with Crippen LogP contribution in [0.5, 0.6) is 0 Å². The lowest BCUT2D eigenvalue weighted by Crippen LogP contribution is -2.35. The maximum absolute atomic E-state index is 11.4. The second kappa shape index (κ2) is 4.01. The molecule has 1 atom stereocenters. The van der Waals surface area contributed by atoms with Crippen molar-refractivity contribution < 1.29 is 4.79 Å². The molecule has 72 valence electrons. The van der Waals surface area contributed by atoms with Crippen LogP contribution in [0.4, 0.5) is 0 Å². The molecule has 1 N–H and O–H groups in total. The summed E-state index contributed by atoms with van der Waals surface area (Å²) in [4.78, 5) is 11.4. The van der Waals surface area contributed by atoms with E-state index < -0.39 is 5.41 Å². The molecule has 1 rings (SSSR count). The second-order valence-electron chi connectivity index (χ2n) is 3.45. The highest BCUT2D eigenvalue weighted by molar-refractivity contribution is 7.99. The summed E-state index contributed by atoms with van der Waals surface area (Å²) < 4.78 is 0. The van der Waals surface area contributed by atoms with Gasteiger partial charge in [-0.25, -0.2) is 0 Å². The molecule has 0 bridgehead atoms. The Hall–Kier alpha value is -0.690. The number of rotatable bonds is 4. The largest absolute Gasteiger partial charge is 0.354 e. The summed E-state index contributed by atoms with van der Waals surface area (Å²) in [5.74, 6) is -0.0871. The molecule has 4 heteroatoms. The molecule has 0 aliphatic heterocycles. The average Bonchev–Trinajstić information content (AvgIpc) is 2.94. The van der Waals surface area contributed by atoms with Crippen molar-refractivity contribution in [3.05, 3.63) is 0 Å². The standard InChI is InChI=1S/C9H14N2OS/c1-7(13-2)5-11-8(12)9(6-10)3-4-9/h7H,3-5H2,1-2H3,(H,11,12). The van der Waals surface area contributed by atoms with Gasteiger partial charge in [-0.2, -0.15) is 17.0 Å². The zero-order valence-corrected chi connectivity index (χ0v) is 8.78. The minimum atomic E-state index is -0.669. The number of carbonyl (C=O) groups excluding carboxylic acids is 1. The molecule has 1 aliphatic rings. The highest BCUT2D eigenvalue weighted by Crippen LogP contribution is 2.44. The third-order valence-corrected chi connectivity index (χ3v) is 3.32. The van der Waals surface area contributed by atoms with E-state index >= 15 is 0 Å². The van der Waals surface area contributed by atoms with Crippen molar-refractivity contribution in [2.75, 3.05) is 12.8 Å². The fraction of sp³-hybridized carbons (Fsp3) is 0.778. The van der Waals surface area contributed by atoms with Gasteiger partial charge in [-0.1, -0.05) is 6.92 Å². The third kappa shape index (κ3) is 2.38. The normalized spacial score (nSPS) is 20.1. The lowest BCUT2D eigenvalue weighted by Gasteiger charge is -2.11. The van der Waals surface area contributed by atoms with Crippen LogP contribution >= 0.6 is 11.8 Å². The molecule has 0 heterocycles. The van der Waals surface area contributed by atoms with Crippen LogP contribution in [0.25, 0.3) is 0 Å². The molecule has 3 nitrogen and oxygen atoms in total. The summed E-state index contributed by atoms with van der Waals surface area (Å²) in [5.41, 5.74) is -0.669. The Bertz CT molecular complexity index is 242. The molecule has 1 amide bonds. The molecule has 1 saturated carbocycles. The number of hydrogen-bond donors (Lipinski definition) is 1. The molecule has 1 aliphatic carbocycles. The van der Waals surface area contributed by atoms with Gasteiger partial charge >= 0.3 is 0 Å². The smallest absolute Gasteiger partial charge is 0.240 e. The van der Waals surface area contributed by atoms with Crippen molar-refractivity contribution in [3.8, 4) is 6.07 Å². The van der Waals surface area contributed by atoms with E-state index in [2.05, 4.69) is 18.3 Å². The molecule has 1 unspecified atom stereocenters. The van der Waals surface area contributed by atoms with Crippen LogP contribution in [0.15, 0.2) is 0 Å². The van der Waals surface area contributed by atoms with Gasteiger partial charge in [0.05, 0.1) is 6.07 Å². The number of nitriles is 1. The topological polar surface area (TPSA) is 52.9 Å². The van der Waals surface area contributed by atoms with E-state index in [4.69, 9.17) is 5.26 Å². The third-order valence-electron chi connectivity index (χ3n) is 2.35. The van der Waals surface area contributed by atoms with Crippen LogP contribution < -0.4 is 5.32 Å². The van der Waals surface area contributed by atoms with Crippen LogP contribution in [0, 0.1) is 16.7 Å². The van der Waals surface area contributed by atoms with Crippen LogP contribution in [0.2, 0.25) is 0 Å². The highest BCUT2D eigenvalue weighted by atomic mass is 32.2. The maximum Gasteiger partial charge on any atom is 0.240 e. The average molecular weight is 198 g/mol. The summed E-state index contributed by atoms with van der Waals surface area (Å²) in [6, 6.07) is 2.08. The lowest BCUT2D eigenvalue weighted by molar-refractivity contribution is -0.124. The van der Waals surface area contributed by atoms with Crippen molar-refractivity contribution >= 4 is 17.7 Å². The zero-order valence-electron chi connectivity index (χ0n) is 7.96. The number of thioether (sulfide) groups is 1. The Morgan fingerprint density at radius 3 is 2.77 bits per heavy atom. The van der Waals surface area contributed by atoms with Gasteiger partial charge in [0.1, 0.15) is 5.41 Å². The van der Waals surface area contributed by atoms with Crippen LogP contribution in [0.3, 0.4) is 0 Å². The number of carbonyl (C=O) groups is 1. The predicted octanol–water partition coefficient (Wildman–Crippen LogP) is 1.16. The Labute approximate surface area is 82.9 Å². The SMILES string of the molecule is CSC(C)CNC(=O)C1(C#N)CC1. The predicted molar refractivity (Wildman–Crippen MR) is 53.3 cm³/mol. The van der Waals surface area contributed by atoms with E-state index in [0.29, 0.717) is 11.8 Å². The van der Waals surface area contributed by atoms with Crippen LogP contribution in [-0.4, -0.2) is 24.0 Å². The minimum absolute atomic E-state index is 0.0871. The van der Waals surface area contributed by atoms with Crippen LogP contribution in [0.1, 0.15) is 19.8 Å². The zero-order chi connectivity index (χ0) is 9.90. The van der Waals surface area contributed by atoms with E-state index in [1.165, 1.54) is 0 Å². The first-order chi connectivity index (χ1) is 6.14. The number of amides is 1. The van der Waals surface area contributed by atoms with Gasteiger partial charge in [-0.05, 0) is 19.1 Å². The fourth-order valence-electron chi connectivity index (χ4n) is 1.00. The van der Waals surface area contributed by atoms with Gasteiger partial charge < -0.3 is 5.32 Å². The Kier molecular flexibility index (Phi) is 3.21. The van der Waals surface area contributed by atoms with Crippen molar-refractivity contribution in [2.45, 2.75) is 25.0 Å². The highest BCUT2D eigenvalue weighted by Gasteiger charge is 2.50. The molecule has 0 saturated heterocycles. The van der Waals surface area contributed by atoms with E-state index in [0.717, 1.165) is 12.8 Å². The van der Waals surface area contributed by atoms with Gasteiger partial charge in [0.25, 0.3) is 0 Å². The number of nitrogens with zero attached hydrogens (tertiary/aromatic N) is 1. The molecule has 0 aromatic carbocycles. The maximum atomic E-state index is 11.4. The molecule has 0 spiro atoms. The first-order valence-corrected chi connectivity index (χ1v) is 5.66. The van der Waals surface area contributed by atoms with E-state index in [1.54, 1.807) is 11.8 Å². The van der Waals surface area contributed by atoms with Crippen molar-refractivity contribution in [1.29, 1.82) is 5.26 Å². The molecule has 0 aromatic rings. The van der Waals surface area contributed by atoms with Gasteiger partial charge in [0, 0.05) is 11.8 Å². The molecule has 0 radical (unpaired) electrons. The molecule has 13 heavy (non-hydrogen) atoms. The van der Waals surface area contributed by atoms with Gasteiger partial charge in [0.15, 0.2) is 0 Å². The van der Waals surface area contributed by atoms with Crippen molar-refractivity contribution in [3.63, 3.8) is 0 Å². The molecule has 0 aromatic heterocycles. The van der Waals surface area contributed by atoms with E-state index in [-0.39, 0.29) is 5.91 Å². The molecule has 1 fully saturated rings. The Morgan fingerprint density at radius 1 is 1.77 bits per heavy atom. The summed E-state index contributed by atoms with van der Waals surface area (Å²) in [6.07, 6.45) is 3.46. The van der Waals surface area contributed by atoms with Gasteiger partial charge in [-0.3, -0.25) is 4.79 Å². The van der Waals surface area contributed by atoms with E-state index in [1.807, 2.05) is 6.26 Å². The Balaban J connectivity index is 2.31. The molecular formula is C9H14N2OS. The Morgan fingerprint density at radius 2 is 2.38 bits per heavy atom. The summed E-state index contributed by atoms with van der Waals surface area (Å²) in [5, 5.41) is 12.0. The van der Waals surface area contributed by atoms with Gasteiger partial charge in [-0.15, -0.1) is 0 Å². The van der Waals surface area contributed by atoms with Crippen LogP contribution in [-0.2, 0) is 4.79 Å². The van der Waals surface area contributed by atoms with Gasteiger partial charge in [0.2, 0.25) is 5.91 Å². The lowest BCUT2D eigenvalue weighted by atomic mass is 10.1.